The summed E-state index contributed by atoms with van der Waals surface area (Å²) in [4.78, 5) is 0. The Morgan fingerprint density at radius 1 is 0.606 bits per heavy atom. The van der Waals surface area contributed by atoms with Gasteiger partial charge in [0.15, 0.2) is 0 Å². The van der Waals surface area contributed by atoms with Crippen molar-refractivity contribution < 1.29 is 4.42 Å². The van der Waals surface area contributed by atoms with E-state index in [1.807, 2.05) is 12.1 Å². The second kappa shape index (κ2) is 6.49. The molecular weight excluding hydrogens is 402 g/mol. The highest BCUT2D eigenvalue weighted by molar-refractivity contribution is 6.20. The van der Waals surface area contributed by atoms with Crippen LogP contribution in [0.5, 0.6) is 0 Å². The Morgan fingerprint density at radius 3 is 2.33 bits per heavy atom. The van der Waals surface area contributed by atoms with Crippen molar-refractivity contribution in [1.29, 1.82) is 0 Å². The van der Waals surface area contributed by atoms with Gasteiger partial charge >= 0.3 is 0 Å². The largest absolute Gasteiger partial charge is 0.456 e. The number of fused-ring (bicyclic) bond motifs is 8. The molecule has 0 unspecified atom stereocenters. The van der Waals surface area contributed by atoms with Crippen LogP contribution in [0, 0.1) is 0 Å². The Balaban J connectivity index is 1.37. The minimum Gasteiger partial charge on any atom is -0.456 e. The second-order valence-corrected chi connectivity index (χ2v) is 9.49. The van der Waals surface area contributed by atoms with Crippen LogP contribution in [0.2, 0.25) is 0 Å². The first-order valence-electron chi connectivity index (χ1n) is 11.5. The number of benzene rings is 5. The van der Waals surface area contributed by atoms with Crippen LogP contribution in [-0.2, 0) is 5.41 Å². The summed E-state index contributed by atoms with van der Waals surface area (Å²) in [5.41, 5.74) is 9.52. The SMILES string of the molecule is CC1(C)c2ccccc2-c2ccc(Nc3cccc4c3ccc3oc5ccccc5c34)cc21. The van der Waals surface area contributed by atoms with E-state index in [0.29, 0.717) is 0 Å². The van der Waals surface area contributed by atoms with Crippen LogP contribution in [0.1, 0.15) is 25.0 Å². The molecule has 1 aliphatic carbocycles. The highest BCUT2D eigenvalue weighted by atomic mass is 16.3. The highest BCUT2D eigenvalue weighted by Crippen LogP contribution is 2.49. The first-order valence-corrected chi connectivity index (χ1v) is 11.5. The van der Waals surface area contributed by atoms with Gasteiger partial charge in [0, 0.05) is 32.9 Å². The van der Waals surface area contributed by atoms with Gasteiger partial charge in [-0.25, -0.2) is 0 Å². The van der Waals surface area contributed by atoms with Crippen molar-refractivity contribution in [2.24, 2.45) is 0 Å². The summed E-state index contributed by atoms with van der Waals surface area (Å²) in [6.45, 7) is 4.64. The van der Waals surface area contributed by atoms with Crippen LogP contribution in [-0.4, -0.2) is 0 Å². The molecule has 0 spiro atoms. The molecule has 1 N–H and O–H groups in total. The molecule has 2 nitrogen and oxygen atoms in total. The third-order valence-corrected chi connectivity index (χ3v) is 7.26. The van der Waals surface area contributed by atoms with Gasteiger partial charge in [0.05, 0.1) is 0 Å². The van der Waals surface area contributed by atoms with Gasteiger partial charge in [0.25, 0.3) is 0 Å². The molecule has 2 heteroatoms. The van der Waals surface area contributed by atoms with Gasteiger partial charge in [-0.3, -0.25) is 0 Å². The summed E-state index contributed by atoms with van der Waals surface area (Å²) >= 11 is 0. The smallest absolute Gasteiger partial charge is 0.136 e. The zero-order valence-electron chi connectivity index (χ0n) is 18.6. The van der Waals surface area contributed by atoms with Crippen LogP contribution in [0.25, 0.3) is 43.8 Å². The lowest BCUT2D eigenvalue weighted by Gasteiger charge is -2.22. The maximum absolute atomic E-state index is 6.10. The van der Waals surface area contributed by atoms with E-state index >= 15 is 0 Å². The number of hydrogen-bond donors (Lipinski definition) is 1. The monoisotopic (exact) mass is 425 g/mol. The zero-order chi connectivity index (χ0) is 22.2. The van der Waals surface area contributed by atoms with Gasteiger partial charge in [-0.1, -0.05) is 74.5 Å². The van der Waals surface area contributed by atoms with E-state index in [0.717, 1.165) is 27.9 Å². The molecule has 1 aromatic heterocycles. The van der Waals surface area contributed by atoms with Crippen LogP contribution < -0.4 is 5.32 Å². The number of nitrogens with one attached hydrogen (secondary N) is 1. The normalized spacial score (nSPS) is 14.0. The molecule has 158 valence electrons. The number of hydrogen-bond acceptors (Lipinski definition) is 2. The van der Waals surface area contributed by atoms with Crippen LogP contribution >= 0.6 is 0 Å². The van der Waals surface area contributed by atoms with Gasteiger partial charge in [-0.15, -0.1) is 0 Å². The number of rotatable bonds is 2. The molecule has 7 rings (SSSR count). The standard InChI is InChI=1S/C31H23NO/c1-31(2)25-11-5-3-8-20(25)21-15-14-19(18-26(21)31)32-27-12-7-10-23-22(27)16-17-29-30(23)24-9-4-6-13-28(24)33-29/h3-18,32H,1-2H3. The first kappa shape index (κ1) is 18.5. The molecular formula is C31H23NO. The Morgan fingerprint density at radius 2 is 1.39 bits per heavy atom. The summed E-state index contributed by atoms with van der Waals surface area (Å²) < 4.78 is 6.10. The Labute approximate surface area is 192 Å². The molecule has 1 heterocycles. The Bertz CT molecular complexity index is 1720. The van der Waals surface area contributed by atoms with Gasteiger partial charge in [-0.05, 0) is 64.0 Å². The van der Waals surface area contributed by atoms with Gasteiger partial charge in [0.1, 0.15) is 11.2 Å². The van der Waals surface area contributed by atoms with Gasteiger partial charge < -0.3 is 9.73 Å². The van der Waals surface area contributed by atoms with Crippen LogP contribution in [0.3, 0.4) is 0 Å². The molecule has 0 aliphatic heterocycles. The fraction of sp³-hybridized carbons (Fsp3) is 0.0968. The quantitative estimate of drug-likeness (QED) is 0.300. The van der Waals surface area contributed by atoms with Crippen molar-refractivity contribution >= 4 is 44.1 Å². The molecule has 33 heavy (non-hydrogen) atoms. The van der Waals surface area contributed by atoms with Crippen molar-refractivity contribution in [3.8, 4) is 11.1 Å². The van der Waals surface area contributed by atoms with Crippen molar-refractivity contribution in [2.45, 2.75) is 19.3 Å². The van der Waals surface area contributed by atoms with E-state index in [1.165, 1.54) is 38.4 Å². The summed E-state index contributed by atoms with van der Waals surface area (Å²) in [7, 11) is 0. The fourth-order valence-electron chi connectivity index (χ4n) is 5.63. The minimum atomic E-state index is -0.00968. The highest BCUT2D eigenvalue weighted by Gasteiger charge is 2.35. The average Bonchev–Trinajstić information content (AvgIpc) is 3.33. The lowest BCUT2D eigenvalue weighted by atomic mass is 9.82. The maximum Gasteiger partial charge on any atom is 0.136 e. The van der Waals surface area contributed by atoms with Crippen molar-refractivity contribution in [2.75, 3.05) is 5.32 Å². The molecule has 0 fully saturated rings. The number of para-hydroxylation sites is 1. The van der Waals surface area contributed by atoms with Crippen molar-refractivity contribution in [3.63, 3.8) is 0 Å². The summed E-state index contributed by atoms with van der Waals surface area (Å²) in [6, 6.07) is 34.5. The summed E-state index contributed by atoms with van der Waals surface area (Å²) in [5.74, 6) is 0. The topological polar surface area (TPSA) is 25.2 Å². The average molecular weight is 426 g/mol. The van der Waals surface area contributed by atoms with Gasteiger partial charge in [0.2, 0.25) is 0 Å². The zero-order valence-corrected chi connectivity index (χ0v) is 18.6. The minimum absolute atomic E-state index is 0.00968. The van der Waals surface area contributed by atoms with Crippen LogP contribution in [0.4, 0.5) is 11.4 Å². The van der Waals surface area contributed by atoms with E-state index in [4.69, 9.17) is 4.42 Å². The number of furan rings is 1. The third kappa shape index (κ3) is 2.55. The third-order valence-electron chi connectivity index (χ3n) is 7.26. The first-order chi connectivity index (χ1) is 16.1. The summed E-state index contributed by atoms with van der Waals surface area (Å²) in [6.07, 6.45) is 0. The lowest BCUT2D eigenvalue weighted by molar-refractivity contribution is 0.660. The number of anilines is 2. The maximum atomic E-state index is 6.10. The predicted octanol–water partition coefficient (Wildman–Crippen LogP) is 8.79. The molecule has 0 amide bonds. The van der Waals surface area contributed by atoms with Crippen molar-refractivity contribution in [1.82, 2.24) is 0 Å². The van der Waals surface area contributed by atoms with E-state index in [1.54, 1.807) is 0 Å². The molecule has 0 atom stereocenters. The Hall–Kier alpha value is -4.04. The van der Waals surface area contributed by atoms with E-state index < -0.39 is 0 Å². The molecule has 1 aliphatic rings. The fourth-order valence-corrected chi connectivity index (χ4v) is 5.63. The molecule has 0 bridgehead atoms. The van der Waals surface area contributed by atoms with E-state index in [2.05, 4.69) is 104 Å². The van der Waals surface area contributed by atoms with Gasteiger partial charge in [-0.2, -0.15) is 0 Å². The Kier molecular flexibility index (Phi) is 3.64. The summed E-state index contributed by atoms with van der Waals surface area (Å²) in [5, 5.41) is 8.45. The molecule has 0 saturated heterocycles. The second-order valence-electron chi connectivity index (χ2n) is 9.49. The van der Waals surface area contributed by atoms with Crippen LogP contribution in [0.15, 0.2) is 101 Å². The lowest BCUT2D eigenvalue weighted by Crippen LogP contribution is -2.15. The molecule has 5 aromatic carbocycles. The molecule has 0 saturated carbocycles. The molecule has 6 aromatic rings. The van der Waals surface area contributed by atoms with Crippen molar-refractivity contribution in [3.05, 3.63) is 108 Å². The van der Waals surface area contributed by atoms with E-state index in [9.17, 15) is 0 Å². The molecule has 0 radical (unpaired) electrons. The predicted molar refractivity (Wildman–Crippen MR) is 139 cm³/mol. The van der Waals surface area contributed by atoms with E-state index in [-0.39, 0.29) is 5.41 Å².